The molecule has 18 heavy (non-hydrogen) atoms. The third-order valence-electron chi connectivity index (χ3n) is 3.08. The van der Waals surface area contributed by atoms with Gasteiger partial charge in [0.25, 0.3) is 5.91 Å². The van der Waals surface area contributed by atoms with Crippen LogP contribution >= 0.6 is 0 Å². The molecule has 1 aliphatic rings. The first-order valence-electron chi connectivity index (χ1n) is 5.80. The van der Waals surface area contributed by atoms with E-state index in [2.05, 4.69) is 0 Å². The van der Waals surface area contributed by atoms with Gasteiger partial charge in [-0.25, -0.2) is 0 Å². The molecule has 1 heterocycles. The largest absolute Gasteiger partial charge is 0.497 e. The number of hydrogen-bond acceptors (Lipinski definition) is 3. The quantitative estimate of drug-likeness (QED) is 0.869. The Morgan fingerprint density at radius 1 is 1.50 bits per heavy atom. The second-order valence-electron chi connectivity index (χ2n) is 4.21. The van der Waals surface area contributed by atoms with Gasteiger partial charge in [0.2, 0.25) is 0 Å². The fraction of sp³-hybridized carbons (Fsp3) is 0.385. The minimum absolute atomic E-state index is 0.0228. The number of hydrogen-bond donors (Lipinski definition) is 1. The molecule has 0 fully saturated rings. The van der Waals surface area contributed by atoms with Crippen molar-refractivity contribution >= 4 is 11.9 Å². The Kier molecular flexibility index (Phi) is 3.50. The fourth-order valence-electron chi connectivity index (χ4n) is 2.07. The molecule has 1 aromatic carbocycles. The van der Waals surface area contributed by atoms with Gasteiger partial charge in [0.05, 0.1) is 13.5 Å². The Morgan fingerprint density at radius 3 is 2.94 bits per heavy atom. The third-order valence-corrected chi connectivity index (χ3v) is 3.08. The molecule has 2 rings (SSSR count). The summed E-state index contributed by atoms with van der Waals surface area (Å²) in [6, 6.07) is 5.43. The minimum atomic E-state index is -0.890. The van der Waals surface area contributed by atoms with Crippen molar-refractivity contribution in [3.63, 3.8) is 0 Å². The highest BCUT2D eigenvalue weighted by molar-refractivity contribution is 5.97. The van der Waals surface area contributed by atoms with Gasteiger partial charge in [-0.15, -0.1) is 0 Å². The first-order valence-corrected chi connectivity index (χ1v) is 5.80. The van der Waals surface area contributed by atoms with E-state index in [0.29, 0.717) is 17.9 Å². The number of amides is 1. The average Bonchev–Trinajstić information content (AvgIpc) is 2.37. The average molecular weight is 249 g/mol. The molecule has 1 N–H and O–H groups in total. The van der Waals surface area contributed by atoms with E-state index in [9.17, 15) is 9.59 Å². The molecule has 0 spiro atoms. The van der Waals surface area contributed by atoms with Gasteiger partial charge in [-0.3, -0.25) is 9.59 Å². The van der Waals surface area contributed by atoms with E-state index < -0.39 is 5.97 Å². The number of carboxylic acid groups (broad SMARTS) is 1. The summed E-state index contributed by atoms with van der Waals surface area (Å²) in [7, 11) is 1.55. The fourth-order valence-corrected chi connectivity index (χ4v) is 2.07. The van der Waals surface area contributed by atoms with Crippen LogP contribution in [-0.2, 0) is 11.2 Å². The summed E-state index contributed by atoms with van der Waals surface area (Å²) in [5, 5.41) is 8.65. The lowest BCUT2D eigenvalue weighted by molar-refractivity contribution is -0.137. The number of methoxy groups -OCH3 is 1. The van der Waals surface area contributed by atoms with Gasteiger partial charge >= 0.3 is 5.97 Å². The predicted octanol–water partition coefficient (Wildman–Crippen LogP) is 1.17. The van der Waals surface area contributed by atoms with Gasteiger partial charge in [0.1, 0.15) is 5.75 Å². The SMILES string of the molecule is COc1ccc2c(c1)C(=O)N(CCC(=O)O)CC2. The van der Waals surface area contributed by atoms with Crippen molar-refractivity contribution in [3.8, 4) is 5.75 Å². The number of fused-ring (bicyclic) bond motifs is 1. The summed E-state index contributed by atoms with van der Waals surface area (Å²) in [5.41, 5.74) is 1.61. The maximum atomic E-state index is 12.2. The Bertz CT molecular complexity index is 484. The molecule has 1 amide bonds. The van der Waals surface area contributed by atoms with Crippen molar-refractivity contribution in [2.24, 2.45) is 0 Å². The molecule has 0 saturated carbocycles. The van der Waals surface area contributed by atoms with Crippen LogP contribution in [0.3, 0.4) is 0 Å². The van der Waals surface area contributed by atoms with Crippen LogP contribution in [0.1, 0.15) is 22.3 Å². The van der Waals surface area contributed by atoms with E-state index in [4.69, 9.17) is 9.84 Å². The summed E-state index contributed by atoms with van der Waals surface area (Å²) in [6.07, 6.45) is 0.732. The summed E-state index contributed by atoms with van der Waals surface area (Å²) >= 11 is 0. The van der Waals surface area contributed by atoms with Gasteiger partial charge in [0.15, 0.2) is 0 Å². The number of carboxylic acids is 1. The number of nitrogens with zero attached hydrogens (tertiary/aromatic N) is 1. The number of carbonyl (C=O) groups is 2. The Hall–Kier alpha value is -2.04. The normalized spacial score (nSPS) is 14.3. The minimum Gasteiger partial charge on any atom is -0.497 e. The van der Waals surface area contributed by atoms with Gasteiger partial charge in [0, 0.05) is 18.7 Å². The Morgan fingerprint density at radius 2 is 2.28 bits per heavy atom. The lowest BCUT2D eigenvalue weighted by Crippen LogP contribution is -2.38. The zero-order chi connectivity index (χ0) is 13.1. The Balaban J connectivity index is 2.18. The van der Waals surface area contributed by atoms with Crippen molar-refractivity contribution in [2.45, 2.75) is 12.8 Å². The van der Waals surface area contributed by atoms with Gasteiger partial charge in [-0.1, -0.05) is 6.07 Å². The zero-order valence-electron chi connectivity index (χ0n) is 10.2. The van der Waals surface area contributed by atoms with Gasteiger partial charge in [-0.05, 0) is 24.1 Å². The molecule has 0 atom stereocenters. The molecule has 96 valence electrons. The smallest absolute Gasteiger partial charge is 0.305 e. The number of rotatable bonds is 4. The van der Waals surface area contributed by atoms with E-state index in [0.717, 1.165) is 12.0 Å². The summed E-state index contributed by atoms with van der Waals surface area (Å²) in [6.45, 7) is 0.830. The zero-order valence-corrected chi connectivity index (χ0v) is 10.2. The second-order valence-corrected chi connectivity index (χ2v) is 4.21. The standard InChI is InChI=1S/C13H15NO4/c1-18-10-3-2-9-4-6-14(7-5-12(15)16)13(17)11(9)8-10/h2-3,8H,4-7H2,1H3,(H,15,16). The number of benzene rings is 1. The van der Waals surface area contributed by atoms with Crippen molar-refractivity contribution in [3.05, 3.63) is 29.3 Å². The molecule has 1 aliphatic heterocycles. The van der Waals surface area contributed by atoms with E-state index in [1.54, 1.807) is 18.1 Å². The van der Waals surface area contributed by atoms with E-state index >= 15 is 0 Å². The van der Waals surface area contributed by atoms with Crippen molar-refractivity contribution in [1.29, 1.82) is 0 Å². The highest BCUT2D eigenvalue weighted by atomic mass is 16.5. The van der Waals surface area contributed by atoms with Crippen LogP contribution in [0.15, 0.2) is 18.2 Å². The number of carbonyl (C=O) groups excluding carboxylic acids is 1. The van der Waals surface area contributed by atoms with Crippen molar-refractivity contribution < 1.29 is 19.4 Å². The van der Waals surface area contributed by atoms with Crippen LogP contribution in [0.5, 0.6) is 5.75 Å². The molecule has 0 saturated heterocycles. The Labute approximate surface area is 105 Å². The highest BCUT2D eigenvalue weighted by Crippen LogP contribution is 2.23. The summed E-state index contributed by atoms with van der Waals surface area (Å²) < 4.78 is 5.10. The molecule has 5 nitrogen and oxygen atoms in total. The number of ether oxygens (including phenoxy) is 1. The van der Waals surface area contributed by atoms with E-state index in [-0.39, 0.29) is 18.9 Å². The lowest BCUT2D eigenvalue weighted by atomic mass is 9.98. The molecule has 0 aliphatic carbocycles. The van der Waals surface area contributed by atoms with Crippen LogP contribution in [-0.4, -0.2) is 42.1 Å². The van der Waals surface area contributed by atoms with Crippen molar-refractivity contribution in [2.75, 3.05) is 20.2 Å². The van der Waals surface area contributed by atoms with Gasteiger partial charge < -0.3 is 14.7 Å². The molecular formula is C13H15NO4. The topological polar surface area (TPSA) is 66.8 Å². The molecule has 0 radical (unpaired) electrons. The number of aliphatic carboxylic acids is 1. The van der Waals surface area contributed by atoms with E-state index in [1.165, 1.54) is 0 Å². The third kappa shape index (κ3) is 2.45. The monoisotopic (exact) mass is 249 g/mol. The van der Waals surface area contributed by atoms with Crippen LogP contribution in [0, 0.1) is 0 Å². The van der Waals surface area contributed by atoms with Gasteiger partial charge in [-0.2, -0.15) is 0 Å². The lowest BCUT2D eigenvalue weighted by Gasteiger charge is -2.28. The molecular weight excluding hydrogens is 234 g/mol. The van der Waals surface area contributed by atoms with Crippen LogP contribution in [0.4, 0.5) is 0 Å². The summed E-state index contributed by atoms with van der Waals surface area (Å²) in [5.74, 6) is -0.363. The molecule has 5 heteroatoms. The molecule has 1 aromatic rings. The highest BCUT2D eigenvalue weighted by Gasteiger charge is 2.24. The van der Waals surface area contributed by atoms with Crippen molar-refractivity contribution in [1.82, 2.24) is 4.90 Å². The summed E-state index contributed by atoms with van der Waals surface area (Å²) in [4.78, 5) is 24.3. The van der Waals surface area contributed by atoms with Crippen LogP contribution in [0.2, 0.25) is 0 Å². The van der Waals surface area contributed by atoms with Crippen LogP contribution in [0.25, 0.3) is 0 Å². The molecule has 0 aromatic heterocycles. The molecule has 0 unspecified atom stereocenters. The maximum Gasteiger partial charge on any atom is 0.305 e. The first kappa shape index (κ1) is 12.4. The molecule has 0 bridgehead atoms. The first-order chi connectivity index (χ1) is 8.61. The second kappa shape index (κ2) is 5.08. The van der Waals surface area contributed by atoms with E-state index in [1.807, 2.05) is 12.1 Å². The maximum absolute atomic E-state index is 12.2. The van der Waals surface area contributed by atoms with Crippen LogP contribution < -0.4 is 4.74 Å². The predicted molar refractivity (Wildman–Crippen MR) is 64.9 cm³/mol.